The lowest BCUT2D eigenvalue weighted by molar-refractivity contribution is -0.157. The van der Waals surface area contributed by atoms with Gasteiger partial charge >= 0.3 is 12.1 Å². The van der Waals surface area contributed by atoms with Crippen molar-refractivity contribution in [2.24, 2.45) is 11.3 Å². The number of aliphatic carboxylic acids is 1. The summed E-state index contributed by atoms with van der Waals surface area (Å²) in [5, 5.41) is 12.4. The molecule has 5 rings (SSSR count). The van der Waals surface area contributed by atoms with Crippen LogP contribution in [-0.4, -0.2) is 66.9 Å². The number of carboxylic acid groups (broad SMARTS) is 1. The fourth-order valence-electron chi connectivity index (χ4n) is 5.62. The fourth-order valence-corrected chi connectivity index (χ4v) is 5.62. The maximum atomic E-state index is 13.0. The van der Waals surface area contributed by atoms with Crippen molar-refractivity contribution in [3.05, 3.63) is 59.7 Å². The number of benzene rings is 2. The third kappa shape index (κ3) is 3.72. The van der Waals surface area contributed by atoms with Crippen molar-refractivity contribution in [3.8, 4) is 11.1 Å². The van der Waals surface area contributed by atoms with Crippen LogP contribution in [0.2, 0.25) is 0 Å². The van der Waals surface area contributed by atoms with Crippen LogP contribution in [0.15, 0.2) is 48.5 Å². The summed E-state index contributed by atoms with van der Waals surface area (Å²) in [6, 6.07) is 15.3. The Hall–Kier alpha value is -3.39. The van der Waals surface area contributed by atoms with E-state index in [2.05, 4.69) is 17.4 Å². The minimum atomic E-state index is -0.975. The minimum absolute atomic E-state index is 0.0683. The van der Waals surface area contributed by atoms with Crippen molar-refractivity contribution in [3.63, 3.8) is 0 Å². The average Bonchev–Trinajstić information content (AvgIpc) is 3.39. The molecule has 34 heavy (non-hydrogen) atoms. The molecule has 2 heterocycles. The Morgan fingerprint density at radius 1 is 1.15 bits per heavy atom. The normalized spacial score (nSPS) is 24.0. The number of nitrogens with one attached hydrogen (secondary N) is 1. The van der Waals surface area contributed by atoms with Crippen molar-refractivity contribution in [2.75, 3.05) is 32.9 Å². The molecular weight excluding hydrogens is 436 g/mol. The monoisotopic (exact) mass is 464 g/mol. The van der Waals surface area contributed by atoms with Crippen LogP contribution in [0.1, 0.15) is 30.4 Å². The number of hydrogen-bond acceptors (Lipinski definition) is 5. The number of carbonyl (C=O) groups is 3. The van der Waals surface area contributed by atoms with Crippen molar-refractivity contribution >= 4 is 18.0 Å². The predicted molar refractivity (Wildman–Crippen MR) is 123 cm³/mol. The van der Waals surface area contributed by atoms with Gasteiger partial charge in [-0.3, -0.25) is 9.59 Å². The molecule has 2 aromatic carbocycles. The first-order valence-electron chi connectivity index (χ1n) is 11.6. The van der Waals surface area contributed by atoms with Gasteiger partial charge in [-0.15, -0.1) is 0 Å². The summed E-state index contributed by atoms with van der Waals surface area (Å²) in [7, 11) is 0. The van der Waals surface area contributed by atoms with E-state index in [0.717, 1.165) is 22.3 Å². The van der Waals surface area contributed by atoms with E-state index in [0.29, 0.717) is 26.2 Å². The molecule has 2 aromatic rings. The van der Waals surface area contributed by atoms with Gasteiger partial charge in [0, 0.05) is 31.5 Å². The maximum Gasteiger partial charge on any atom is 0.407 e. The predicted octanol–water partition coefficient (Wildman–Crippen LogP) is 2.86. The first kappa shape index (κ1) is 22.4. The quantitative estimate of drug-likeness (QED) is 0.705. The zero-order valence-electron chi connectivity index (χ0n) is 19.0. The van der Waals surface area contributed by atoms with Crippen LogP contribution >= 0.6 is 0 Å². The van der Waals surface area contributed by atoms with Crippen molar-refractivity contribution in [1.82, 2.24) is 10.2 Å². The summed E-state index contributed by atoms with van der Waals surface area (Å²) in [5.74, 6) is -1.53. The summed E-state index contributed by atoms with van der Waals surface area (Å²) < 4.78 is 11.0. The van der Waals surface area contributed by atoms with E-state index in [1.807, 2.05) is 36.4 Å². The van der Waals surface area contributed by atoms with E-state index in [4.69, 9.17) is 9.47 Å². The zero-order chi connectivity index (χ0) is 23.9. The van der Waals surface area contributed by atoms with Gasteiger partial charge in [0.15, 0.2) is 0 Å². The molecule has 2 aliphatic heterocycles. The highest BCUT2D eigenvalue weighted by molar-refractivity contribution is 5.87. The molecule has 2 amide bonds. The van der Waals surface area contributed by atoms with Crippen molar-refractivity contribution in [2.45, 2.75) is 25.3 Å². The molecule has 0 saturated carbocycles. The second kappa shape index (κ2) is 8.76. The summed E-state index contributed by atoms with van der Waals surface area (Å²) in [5.41, 5.74) is 3.53. The van der Waals surface area contributed by atoms with Crippen LogP contribution < -0.4 is 5.32 Å². The van der Waals surface area contributed by atoms with Crippen LogP contribution in [0.5, 0.6) is 0 Å². The Balaban J connectivity index is 1.20. The summed E-state index contributed by atoms with van der Waals surface area (Å²) in [4.78, 5) is 39.1. The summed E-state index contributed by atoms with van der Waals surface area (Å²) in [6.07, 6.45) is -0.291. The largest absolute Gasteiger partial charge is 0.481 e. The number of likely N-dealkylation sites (tertiary alicyclic amines) is 1. The van der Waals surface area contributed by atoms with Gasteiger partial charge in [0.1, 0.15) is 12.6 Å². The van der Waals surface area contributed by atoms with Crippen molar-refractivity contribution in [1.29, 1.82) is 0 Å². The topological polar surface area (TPSA) is 105 Å². The molecule has 1 aliphatic carbocycles. The Kier molecular flexibility index (Phi) is 5.77. The van der Waals surface area contributed by atoms with Gasteiger partial charge in [-0.2, -0.15) is 0 Å². The molecule has 0 bridgehead atoms. The number of alkyl carbamates (subject to hydrolysis) is 1. The number of nitrogens with zero attached hydrogens (tertiary/aromatic N) is 1. The van der Waals surface area contributed by atoms with Gasteiger partial charge < -0.3 is 24.8 Å². The third-order valence-corrected chi connectivity index (χ3v) is 7.49. The van der Waals surface area contributed by atoms with Gasteiger partial charge in [0.2, 0.25) is 5.91 Å². The number of ether oxygens (including phenoxy) is 2. The Bertz CT molecular complexity index is 1090. The standard InChI is InChI=1S/C26H28N2O6/c1-16(23(29)28-12-17-13-33-11-10-26(17,15-28)24(30)31)27-25(32)34-14-22-20-8-4-2-6-18(20)19-7-3-5-9-21(19)22/h2-9,16-17,22H,10-15H2,1H3,(H,27,32)(H,30,31). The number of carboxylic acids is 1. The minimum Gasteiger partial charge on any atom is -0.481 e. The van der Waals surface area contributed by atoms with Gasteiger partial charge in [-0.25, -0.2) is 4.79 Å². The van der Waals surface area contributed by atoms with E-state index in [1.54, 1.807) is 6.92 Å². The first-order chi connectivity index (χ1) is 16.4. The van der Waals surface area contributed by atoms with Gasteiger partial charge in [-0.1, -0.05) is 48.5 Å². The van der Waals surface area contributed by atoms with Gasteiger partial charge in [-0.05, 0) is 35.6 Å². The lowest BCUT2D eigenvalue weighted by Gasteiger charge is -2.33. The van der Waals surface area contributed by atoms with E-state index in [-0.39, 0.29) is 30.9 Å². The second-order valence-electron chi connectivity index (χ2n) is 9.39. The highest BCUT2D eigenvalue weighted by Gasteiger charge is 2.55. The van der Waals surface area contributed by atoms with E-state index in [1.165, 1.54) is 4.90 Å². The molecule has 0 spiro atoms. The van der Waals surface area contributed by atoms with Crippen LogP contribution in [0.4, 0.5) is 4.79 Å². The van der Waals surface area contributed by atoms with Crippen LogP contribution in [0, 0.1) is 11.3 Å². The highest BCUT2D eigenvalue weighted by atomic mass is 16.5. The molecule has 178 valence electrons. The molecule has 2 saturated heterocycles. The summed E-state index contributed by atoms with van der Waals surface area (Å²) in [6.45, 7) is 2.89. The zero-order valence-corrected chi connectivity index (χ0v) is 19.0. The molecule has 8 nitrogen and oxygen atoms in total. The Labute approximate surface area is 197 Å². The van der Waals surface area contributed by atoms with Crippen LogP contribution in [0.25, 0.3) is 11.1 Å². The number of fused-ring (bicyclic) bond motifs is 4. The van der Waals surface area contributed by atoms with Crippen molar-refractivity contribution < 1.29 is 29.0 Å². The third-order valence-electron chi connectivity index (χ3n) is 7.49. The molecule has 0 radical (unpaired) electrons. The number of carbonyl (C=O) groups excluding carboxylic acids is 2. The van der Waals surface area contributed by atoms with E-state index in [9.17, 15) is 19.5 Å². The van der Waals surface area contributed by atoms with Crippen LogP contribution in [-0.2, 0) is 19.1 Å². The molecule has 2 N–H and O–H groups in total. The SMILES string of the molecule is CC(NC(=O)OCC1c2ccccc2-c2ccccc21)C(=O)N1CC2COCCC2(C(=O)O)C1. The molecule has 3 aliphatic rings. The smallest absolute Gasteiger partial charge is 0.407 e. The lowest BCUT2D eigenvalue weighted by Crippen LogP contribution is -2.48. The Morgan fingerprint density at radius 2 is 1.79 bits per heavy atom. The fraction of sp³-hybridized carbons (Fsp3) is 0.423. The molecular formula is C26H28N2O6. The first-order valence-corrected chi connectivity index (χ1v) is 11.6. The number of hydrogen-bond donors (Lipinski definition) is 2. The molecule has 3 atom stereocenters. The van der Waals surface area contributed by atoms with Gasteiger partial charge in [0.25, 0.3) is 0 Å². The molecule has 2 fully saturated rings. The Morgan fingerprint density at radius 3 is 2.41 bits per heavy atom. The lowest BCUT2D eigenvalue weighted by atomic mass is 9.74. The highest BCUT2D eigenvalue weighted by Crippen LogP contribution is 2.45. The average molecular weight is 465 g/mol. The molecule has 8 heteroatoms. The summed E-state index contributed by atoms with van der Waals surface area (Å²) >= 11 is 0. The molecule has 0 aromatic heterocycles. The number of amides is 2. The van der Waals surface area contributed by atoms with Gasteiger partial charge in [0.05, 0.1) is 12.0 Å². The van der Waals surface area contributed by atoms with Crippen LogP contribution in [0.3, 0.4) is 0 Å². The second-order valence-corrected chi connectivity index (χ2v) is 9.39. The van der Waals surface area contributed by atoms with E-state index < -0.39 is 23.5 Å². The maximum absolute atomic E-state index is 13.0. The molecule has 3 unspecified atom stereocenters. The van der Waals surface area contributed by atoms with E-state index >= 15 is 0 Å². The number of rotatable bonds is 5.